The van der Waals surface area contributed by atoms with Crippen molar-refractivity contribution in [3.8, 4) is 0 Å². The zero-order chi connectivity index (χ0) is 14.4. The molecule has 2 atom stereocenters. The molecule has 1 aromatic heterocycles. The normalized spacial score (nSPS) is 24.1. The molecular formula is C15H28N4O. The van der Waals surface area contributed by atoms with Gasteiger partial charge in [0.25, 0.3) is 0 Å². The highest BCUT2D eigenvalue weighted by Crippen LogP contribution is 2.29. The topological polar surface area (TPSA) is 42.3 Å². The first-order valence-corrected chi connectivity index (χ1v) is 7.82. The van der Waals surface area contributed by atoms with Gasteiger partial charge in [-0.15, -0.1) is 0 Å². The number of aryl methyl sites for hydroxylation is 1. The number of rotatable bonds is 7. The second-order valence-electron chi connectivity index (χ2n) is 5.48. The monoisotopic (exact) mass is 280 g/mol. The van der Waals surface area contributed by atoms with Crippen LogP contribution in [0.1, 0.15) is 38.3 Å². The van der Waals surface area contributed by atoms with Gasteiger partial charge in [-0.3, -0.25) is 9.58 Å². The summed E-state index contributed by atoms with van der Waals surface area (Å²) >= 11 is 0. The summed E-state index contributed by atoms with van der Waals surface area (Å²) < 4.78 is 8.04. The Balaban J connectivity index is 2.18. The molecule has 0 bridgehead atoms. The fourth-order valence-electron chi connectivity index (χ4n) is 3.01. The van der Waals surface area contributed by atoms with Gasteiger partial charge in [-0.1, -0.05) is 13.8 Å². The lowest BCUT2D eigenvalue weighted by Crippen LogP contribution is -2.48. The third-order valence-corrected chi connectivity index (χ3v) is 3.82. The summed E-state index contributed by atoms with van der Waals surface area (Å²) in [5.41, 5.74) is 1.28. The molecule has 5 nitrogen and oxygen atoms in total. The molecule has 1 fully saturated rings. The van der Waals surface area contributed by atoms with Crippen molar-refractivity contribution < 1.29 is 4.74 Å². The van der Waals surface area contributed by atoms with Crippen LogP contribution in [0, 0.1) is 0 Å². The van der Waals surface area contributed by atoms with Crippen LogP contribution in [0.25, 0.3) is 0 Å². The highest BCUT2D eigenvalue weighted by atomic mass is 16.5. The van der Waals surface area contributed by atoms with Gasteiger partial charge in [-0.2, -0.15) is 5.10 Å². The second kappa shape index (κ2) is 7.76. The number of hydrogen-bond acceptors (Lipinski definition) is 4. The molecule has 1 aromatic rings. The van der Waals surface area contributed by atoms with Crippen molar-refractivity contribution in [3.05, 3.63) is 18.0 Å². The van der Waals surface area contributed by atoms with Crippen LogP contribution in [0.5, 0.6) is 0 Å². The van der Waals surface area contributed by atoms with Crippen LogP contribution in [0.3, 0.4) is 0 Å². The highest BCUT2D eigenvalue weighted by Gasteiger charge is 2.33. The minimum Gasteiger partial charge on any atom is -0.374 e. The van der Waals surface area contributed by atoms with Crippen LogP contribution >= 0.6 is 0 Å². The lowest BCUT2D eigenvalue weighted by Gasteiger charge is -2.40. The number of aromatic nitrogens is 2. The molecule has 5 heteroatoms. The predicted molar refractivity (Wildman–Crippen MR) is 80.8 cm³/mol. The Labute approximate surface area is 122 Å². The first-order valence-electron chi connectivity index (χ1n) is 7.82. The van der Waals surface area contributed by atoms with Crippen LogP contribution < -0.4 is 5.32 Å². The van der Waals surface area contributed by atoms with E-state index in [4.69, 9.17) is 4.74 Å². The van der Waals surface area contributed by atoms with Gasteiger partial charge in [0, 0.05) is 31.4 Å². The molecule has 2 unspecified atom stereocenters. The molecule has 0 aliphatic carbocycles. The number of hydrogen-bond donors (Lipinski definition) is 1. The highest BCUT2D eigenvalue weighted by molar-refractivity contribution is 5.14. The summed E-state index contributed by atoms with van der Waals surface area (Å²) in [5, 5.41) is 7.74. The number of morpholine rings is 1. The Hall–Kier alpha value is -0.910. The molecule has 2 rings (SSSR count). The van der Waals surface area contributed by atoms with E-state index in [-0.39, 0.29) is 6.10 Å². The van der Waals surface area contributed by atoms with E-state index >= 15 is 0 Å². The Morgan fingerprint density at radius 2 is 2.15 bits per heavy atom. The van der Waals surface area contributed by atoms with Crippen molar-refractivity contribution in [1.82, 2.24) is 20.0 Å². The third-order valence-electron chi connectivity index (χ3n) is 3.82. The molecule has 1 N–H and O–H groups in total. The first-order chi connectivity index (χ1) is 9.80. The summed E-state index contributed by atoms with van der Waals surface area (Å²) in [6.45, 7) is 9.23. The number of likely N-dealkylation sites (N-methyl/N-ethyl adjacent to an activating group) is 1. The third kappa shape index (κ3) is 3.59. The van der Waals surface area contributed by atoms with Crippen LogP contribution in [-0.4, -0.2) is 54.1 Å². The molecule has 0 aromatic carbocycles. The molecule has 2 heterocycles. The molecule has 0 saturated carbocycles. The van der Waals surface area contributed by atoms with Gasteiger partial charge in [-0.05, 0) is 26.4 Å². The van der Waals surface area contributed by atoms with E-state index in [0.29, 0.717) is 6.04 Å². The second-order valence-corrected chi connectivity index (χ2v) is 5.48. The zero-order valence-corrected chi connectivity index (χ0v) is 13.0. The molecule has 20 heavy (non-hydrogen) atoms. The van der Waals surface area contributed by atoms with Gasteiger partial charge in [-0.25, -0.2) is 0 Å². The zero-order valence-electron chi connectivity index (χ0n) is 13.0. The van der Waals surface area contributed by atoms with E-state index in [1.807, 2.05) is 17.9 Å². The largest absolute Gasteiger partial charge is 0.374 e. The van der Waals surface area contributed by atoms with Crippen molar-refractivity contribution in [2.24, 2.45) is 0 Å². The fourth-order valence-corrected chi connectivity index (χ4v) is 3.01. The predicted octanol–water partition coefficient (Wildman–Crippen LogP) is 1.66. The van der Waals surface area contributed by atoms with E-state index in [1.54, 1.807) is 0 Å². The quantitative estimate of drug-likeness (QED) is 0.825. The molecule has 0 amide bonds. The lowest BCUT2D eigenvalue weighted by molar-refractivity contribution is -0.0704. The van der Waals surface area contributed by atoms with Gasteiger partial charge in [0.2, 0.25) is 0 Å². The Kier molecular flexibility index (Phi) is 6.01. The minimum atomic E-state index is 0.208. The minimum absolute atomic E-state index is 0.208. The van der Waals surface area contributed by atoms with Crippen LogP contribution in [0.2, 0.25) is 0 Å². The number of nitrogens with one attached hydrogen (secondary N) is 1. The van der Waals surface area contributed by atoms with Crippen LogP contribution in [0.4, 0.5) is 0 Å². The maximum Gasteiger partial charge on any atom is 0.0897 e. The van der Waals surface area contributed by atoms with Gasteiger partial charge in [0.1, 0.15) is 0 Å². The van der Waals surface area contributed by atoms with Crippen LogP contribution in [0.15, 0.2) is 12.4 Å². The fraction of sp³-hybridized carbons (Fsp3) is 0.800. The van der Waals surface area contributed by atoms with Gasteiger partial charge in [0.15, 0.2) is 0 Å². The first kappa shape index (κ1) is 15.5. The SMILES string of the molecule is CCCN1CCOC(CNC)C1c1cnn(CCC)c1. The van der Waals surface area contributed by atoms with Crippen molar-refractivity contribution in [3.63, 3.8) is 0 Å². The maximum absolute atomic E-state index is 5.99. The van der Waals surface area contributed by atoms with Crippen molar-refractivity contribution >= 4 is 0 Å². The van der Waals surface area contributed by atoms with Gasteiger partial charge >= 0.3 is 0 Å². The summed E-state index contributed by atoms with van der Waals surface area (Å²) in [7, 11) is 1.99. The average Bonchev–Trinajstić information content (AvgIpc) is 2.88. The van der Waals surface area contributed by atoms with E-state index in [9.17, 15) is 0 Å². The average molecular weight is 280 g/mol. The smallest absolute Gasteiger partial charge is 0.0897 e. The summed E-state index contributed by atoms with van der Waals surface area (Å²) in [4.78, 5) is 2.54. The molecule has 114 valence electrons. The summed E-state index contributed by atoms with van der Waals surface area (Å²) in [5.74, 6) is 0. The molecule has 0 radical (unpaired) electrons. The Morgan fingerprint density at radius 3 is 2.85 bits per heavy atom. The number of nitrogens with zero attached hydrogens (tertiary/aromatic N) is 3. The Bertz CT molecular complexity index is 375. The van der Waals surface area contributed by atoms with Crippen molar-refractivity contribution in [1.29, 1.82) is 0 Å². The Morgan fingerprint density at radius 1 is 1.35 bits per heavy atom. The van der Waals surface area contributed by atoms with E-state index in [1.165, 1.54) is 12.0 Å². The summed E-state index contributed by atoms with van der Waals surface area (Å²) in [6, 6.07) is 0.321. The van der Waals surface area contributed by atoms with E-state index in [2.05, 4.69) is 35.4 Å². The molecule has 1 aliphatic heterocycles. The van der Waals surface area contributed by atoms with Crippen molar-refractivity contribution in [2.45, 2.75) is 45.4 Å². The molecule has 1 saturated heterocycles. The standard InChI is InChI=1S/C15H28N4O/c1-4-6-18-8-9-20-14(11-16-3)15(18)13-10-17-19(12-13)7-5-2/h10,12,14-16H,4-9,11H2,1-3H3. The lowest BCUT2D eigenvalue weighted by atomic mass is 10.0. The molecule has 1 aliphatic rings. The van der Waals surface area contributed by atoms with E-state index in [0.717, 1.165) is 39.2 Å². The van der Waals surface area contributed by atoms with Crippen molar-refractivity contribution in [2.75, 3.05) is 33.3 Å². The molecular weight excluding hydrogens is 252 g/mol. The van der Waals surface area contributed by atoms with Gasteiger partial charge < -0.3 is 10.1 Å². The maximum atomic E-state index is 5.99. The number of ether oxygens (including phenoxy) is 1. The molecule has 0 spiro atoms. The van der Waals surface area contributed by atoms with Gasteiger partial charge in [0.05, 0.1) is 24.9 Å². The van der Waals surface area contributed by atoms with Crippen LogP contribution in [-0.2, 0) is 11.3 Å². The van der Waals surface area contributed by atoms with E-state index < -0.39 is 0 Å². The summed E-state index contributed by atoms with van der Waals surface area (Å²) in [6.07, 6.45) is 6.70.